The van der Waals surface area contributed by atoms with Gasteiger partial charge in [0, 0.05) is 11.3 Å². The van der Waals surface area contributed by atoms with Crippen LogP contribution in [0.4, 0.5) is 5.69 Å². The van der Waals surface area contributed by atoms with Gasteiger partial charge in [-0.15, -0.1) is 0 Å². The molecule has 2 N–H and O–H groups in total. The highest BCUT2D eigenvalue weighted by atomic mass is 14.6. The molecule has 19 heavy (non-hydrogen) atoms. The first-order chi connectivity index (χ1) is 9.27. The molecule has 0 radical (unpaired) electrons. The Morgan fingerprint density at radius 2 is 2.05 bits per heavy atom. The summed E-state index contributed by atoms with van der Waals surface area (Å²) in [7, 11) is 0. The summed E-state index contributed by atoms with van der Waals surface area (Å²) < 4.78 is 0. The van der Waals surface area contributed by atoms with Crippen molar-refractivity contribution in [2.75, 3.05) is 5.73 Å². The van der Waals surface area contributed by atoms with Crippen molar-refractivity contribution in [1.82, 2.24) is 0 Å². The van der Waals surface area contributed by atoms with E-state index in [4.69, 9.17) is 5.73 Å². The lowest BCUT2D eigenvalue weighted by molar-refractivity contribution is 1.04. The maximum atomic E-state index is 6.16. The van der Waals surface area contributed by atoms with E-state index in [0.29, 0.717) is 0 Å². The molecule has 1 aliphatic rings. The van der Waals surface area contributed by atoms with Gasteiger partial charge in [0.2, 0.25) is 0 Å². The van der Waals surface area contributed by atoms with E-state index in [-0.39, 0.29) is 0 Å². The summed E-state index contributed by atoms with van der Waals surface area (Å²) in [6.45, 7) is 7.63. The number of benzene rings is 1. The Kier molecular flexibility index (Phi) is 4.19. The minimum Gasteiger partial charge on any atom is -0.398 e. The summed E-state index contributed by atoms with van der Waals surface area (Å²) in [5.41, 5.74) is 11.4. The maximum absolute atomic E-state index is 6.16. The average Bonchev–Trinajstić information content (AvgIpc) is 2.46. The fourth-order valence-corrected chi connectivity index (χ4v) is 2.33. The minimum absolute atomic E-state index is 0.769. The molecule has 0 fully saturated rings. The third-order valence-electron chi connectivity index (χ3n) is 3.21. The van der Waals surface area contributed by atoms with Crippen LogP contribution in [0.1, 0.15) is 24.0 Å². The fourth-order valence-electron chi connectivity index (χ4n) is 2.33. The van der Waals surface area contributed by atoms with Crippen molar-refractivity contribution < 1.29 is 0 Å². The van der Waals surface area contributed by atoms with Crippen LogP contribution < -0.4 is 5.73 Å². The third kappa shape index (κ3) is 2.76. The number of anilines is 1. The summed E-state index contributed by atoms with van der Waals surface area (Å²) in [5.74, 6) is 0. The highest BCUT2D eigenvalue weighted by Gasteiger charge is 2.12. The number of hydrogen-bond acceptors (Lipinski definition) is 1. The fraction of sp³-hybridized carbons (Fsp3) is 0.111. The van der Waals surface area contributed by atoms with Crippen LogP contribution in [0.2, 0.25) is 0 Å². The molecule has 0 spiro atoms. The van der Waals surface area contributed by atoms with Crippen molar-refractivity contribution in [1.29, 1.82) is 0 Å². The molecule has 0 unspecified atom stereocenters. The van der Waals surface area contributed by atoms with Gasteiger partial charge >= 0.3 is 0 Å². The molecule has 1 aromatic carbocycles. The topological polar surface area (TPSA) is 26.0 Å². The quantitative estimate of drug-likeness (QED) is 0.604. The zero-order chi connectivity index (χ0) is 13.7. The lowest BCUT2D eigenvalue weighted by atomic mass is 9.90. The molecule has 0 saturated carbocycles. The van der Waals surface area contributed by atoms with Gasteiger partial charge in [-0.1, -0.05) is 61.7 Å². The predicted octanol–water partition coefficient (Wildman–Crippen LogP) is 4.76. The molecular weight excluding hydrogens is 230 g/mol. The highest BCUT2D eigenvalue weighted by Crippen LogP contribution is 2.33. The molecule has 2 rings (SSSR count). The molecule has 1 aromatic rings. The van der Waals surface area contributed by atoms with Crippen LogP contribution >= 0.6 is 0 Å². The Hall–Kier alpha value is -2.28. The van der Waals surface area contributed by atoms with Gasteiger partial charge in [-0.3, -0.25) is 0 Å². The summed E-state index contributed by atoms with van der Waals surface area (Å²) in [4.78, 5) is 0. The van der Waals surface area contributed by atoms with E-state index in [1.807, 2.05) is 24.3 Å². The molecular formula is C18H19N. The van der Waals surface area contributed by atoms with Gasteiger partial charge in [-0.25, -0.2) is 0 Å². The van der Waals surface area contributed by atoms with Crippen LogP contribution in [-0.2, 0) is 0 Å². The van der Waals surface area contributed by atoms with Gasteiger partial charge in [-0.2, -0.15) is 0 Å². The smallest absolute Gasteiger partial charge is 0.0400 e. The number of nitrogens with two attached hydrogens (primary N) is 1. The summed E-state index contributed by atoms with van der Waals surface area (Å²) in [5, 5.41) is 0. The molecule has 0 bridgehead atoms. The molecule has 96 valence electrons. The van der Waals surface area contributed by atoms with E-state index in [0.717, 1.165) is 35.2 Å². The summed E-state index contributed by atoms with van der Waals surface area (Å²) >= 11 is 0. The lowest BCUT2D eigenvalue weighted by Gasteiger charge is -2.15. The van der Waals surface area contributed by atoms with Crippen molar-refractivity contribution in [2.45, 2.75) is 12.8 Å². The van der Waals surface area contributed by atoms with E-state index < -0.39 is 0 Å². The minimum atomic E-state index is 0.769. The molecule has 0 saturated heterocycles. The van der Waals surface area contributed by atoms with E-state index in [1.54, 1.807) is 6.08 Å². The molecule has 0 aromatic heterocycles. The van der Waals surface area contributed by atoms with E-state index in [9.17, 15) is 0 Å². The molecule has 1 nitrogen and oxygen atoms in total. The molecule has 1 aliphatic carbocycles. The molecule has 0 aliphatic heterocycles. The Bertz CT molecular complexity index is 586. The highest BCUT2D eigenvalue weighted by molar-refractivity contribution is 5.92. The van der Waals surface area contributed by atoms with Crippen LogP contribution in [0, 0.1) is 0 Å². The normalized spacial score (nSPS) is 14.9. The number of allylic oxidation sites excluding steroid dienone is 8. The Morgan fingerprint density at radius 1 is 1.21 bits per heavy atom. The first-order valence-electron chi connectivity index (χ1n) is 6.49. The first-order valence-corrected chi connectivity index (χ1v) is 6.49. The Labute approximate surface area is 115 Å². The monoisotopic (exact) mass is 249 g/mol. The van der Waals surface area contributed by atoms with Crippen LogP contribution in [0.5, 0.6) is 0 Å². The first kappa shape index (κ1) is 13.2. The molecule has 0 atom stereocenters. The molecule has 0 amide bonds. The van der Waals surface area contributed by atoms with Gasteiger partial charge in [-0.05, 0) is 35.6 Å². The molecule has 0 heterocycles. The van der Waals surface area contributed by atoms with E-state index in [1.165, 1.54) is 5.57 Å². The second-order valence-corrected chi connectivity index (χ2v) is 4.47. The number of nitrogen functional groups attached to an aromatic ring is 1. The zero-order valence-electron chi connectivity index (χ0n) is 11.1. The third-order valence-corrected chi connectivity index (χ3v) is 3.21. The molecule has 1 heteroatoms. The number of rotatable bonds is 4. The van der Waals surface area contributed by atoms with Gasteiger partial charge in [0.05, 0.1) is 0 Å². The van der Waals surface area contributed by atoms with Crippen molar-refractivity contribution >= 4 is 16.8 Å². The van der Waals surface area contributed by atoms with Gasteiger partial charge < -0.3 is 5.73 Å². The van der Waals surface area contributed by atoms with Crippen molar-refractivity contribution in [3.63, 3.8) is 0 Å². The summed E-state index contributed by atoms with van der Waals surface area (Å²) in [6, 6.07) is 6.02. The Balaban J connectivity index is 2.62. The van der Waals surface area contributed by atoms with Crippen LogP contribution in [0.15, 0.2) is 67.8 Å². The Morgan fingerprint density at radius 3 is 2.68 bits per heavy atom. The average molecular weight is 249 g/mol. The largest absolute Gasteiger partial charge is 0.398 e. The SMILES string of the molecule is C=C/C=C(\C=C)c1c(N)cccc1C1=CCCC=C1. The second kappa shape index (κ2) is 6.05. The van der Waals surface area contributed by atoms with Crippen molar-refractivity contribution in [2.24, 2.45) is 0 Å². The van der Waals surface area contributed by atoms with Gasteiger partial charge in [0.25, 0.3) is 0 Å². The van der Waals surface area contributed by atoms with E-state index >= 15 is 0 Å². The van der Waals surface area contributed by atoms with Crippen molar-refractivity contribution in [3.05, 3.63) is 78.9 Å². The van der Waals surface area contributed by atoms with Crippen molar-refractivity contribution in [3.8, 4) is 0 Å². The maximum Gasteiger partial charge on any atom is 0.0400 e. The van der Waals surface area contributed by atoms with Gasteiger partial charge in [0.15, 0.2) is 0 Å². The van der Waals surface area contributed by atoms with Crippen LogP contribution in [0.3, 0.4) is 0 Å². The van der Waals surface area contributed by atoms with E-state index in [2.05, 4.69) is 37.5 Å². The zero-order valence-corrected chi connectivity index (χ0v) is 11.1. The second-order valence-electron chi connectivity index (χ2n) is 4.47. The predicted molar refractivity (Wildman–Crippen MR) is 85.6 cm³/mol. The van der Waals surface area contributed by atoms with Crippen LogP contribution in [0.25, 0.3) is 11.1 Å². The standard InChI is InChI=1S/C18H19N/c1-3-9-14(4-2)18-16(12-8-13-17(18)19)15-10-6-5-7-11-15/h3-4,6,8-13H,1-2,5,7,19H2/b14-9+. The van der Waals surface area contributed by atoms with Gasteiger partial charge in [0.1, 0.15) is 0 Å². The number of hydrogen-bond donors (Lipinski definition) is 1. The van der Waals surface area contributed by atoms with Crippen LogP contribution in [-0.4, -0.2) is 0 Å². The lowest BCUT2D eigenvalue weighted by Crippen LogP contribution is -1.99. The summed E-state index contributed by atoms with van der Waals surface area (Å²) in [6.07, 6.45) is 14.3.